The number of methoxy groups -OCH3 is 1. The van der Waals surface area contributed by atoms with E-state index in [1.807, 2.05) is 30.3 Å². The number of rotatable bonds is 8. The van der Waals surface area contributed by atoms with E-state index in [-0.39, 0.29) is 18.1 Å². The van der Waals surface area contributed by atoms with Crippen molar-refractivity contribution in [1.29, 1.82) is 0 Å². The lowest BCUT2D eigenvalue weighted by Gasteiger charge is -2.10. The third-order valence-corrected chi connectivity index (χ3v) is 3.75. The average molecular weight is 401 g/mol. The van der Waals surface area contributed by atoms with E-state index in [0.717, 1.165) is 5.56 Å². The number of halogens is 2. The maximum absolute atomic E-state index is 12.3. The molecule has 150 valence electrons. The Hall–Kier alpha value is -3.68. The van der Waals surface area contributed by atoms with Crippen LogP contribution >= 0.6 is 0 Å². The molecule has 0 radical (unpaired) electrons. The Balaban J connectivity index is 1.57. The van der Waals surface area contributed by atoms with Gasteiger partial charge >= 0.3 is 12.6 Å². The van der Waals surface area contributed by atoms with Crippen LogP contribution in [0.4, 0.5) is 8.78 Å². The summed E-state index contributed by atoms with van der Waals surface area (Å²) in [6.07, 6.45) is 4.10. The summed E-state index contributed by atoms with van der Waals surface area (Å²) in [5.74, 6) is -0.133. The number of benzene rings is 2. The molecule has 0 aliphatic heterocycles. The fraction of sp³-hybridized carbons (Fsp3) is 0.143. The standard InChI is InChI=1S/C21H17F2NO5/c1-26-18-11-14(7-9-17(18)29-21(22)23)8-10-19(25)27-12-16-13-28-20(24-16)15-5-3-2-4-6-15/h2-11,13,21H,12H2,1H3/b10-8+. The fourth-order valence-electron chi connectivity index (χ4n) is 2.43. The molecule has 0 saturated heterocycles. The molecule has 0 spiro atoms. The van der Waals surface area contributed by atoms with Gasteiger partial charge in [0.05, 0.1) is 7.11 Å². The van der Waals surface area contributed by atoms with Crippen molar-refractivity contribution in [2.24, 2.45) is 0 Å². The number of ether oxygens (including phenoxy) is 3. The SMILES string of the molecule is COc1cc(/C=C/C(=O)OCc2coc(-c3ccccc3)n2)ccc1OC(F)F. The maximum Gasteiger partial charge on any atom is 0.387 e. The van der Waals surface area contributed by atoms with Crippen LogP contribution in [0.5, 0.6) is 11.5 Å². The normalized spacial score (nSPS) is 11.0. The quantitative estimate of drug-likeness (QED) is 0.402. The molecule has 0 N–H and O–H groups in total. The lowest BCUT2D eigenvalue weighted by atomic mass is 10.2. The van der Waals surface area contributed by atoms with Crippen LogP contribution in [0, 0.1) is 0 Å². The lowest BCUT2D eigenvalue weighted by molar-refractivity contribution is -0.139. The van der Waals surface area contributed by atoms with Crippen molar-refractivity contribution >= 4 is 12.0 Å². The molecule has 0 aliphatic carbocycles. The van der Waals surface area contributed by atoms with Gasteiger partial charge < -0.3 is 18.6 Å². The van der Waals surface area contributed by atoms with Gasteiger partial charge in [0, 0.05) is 11.6 Å². The summed E-state index contributed by atoms with van der Waals surface area (Å²) in [5.41, 5.74) is 1.84. The summed E-state index contributed by atoms with van der Waals surface area (Å²) < 4.78 is 44.6. The van der Waals surface area contributed by atoms with Gasteiger partial charge in [0.25, 0.3) is 0 Å². The molecule has 1 heterocycles. The van der Waals surface area contributed by atoms with Gasteiger partial charge in [-0.05, 0) is 35.9 Å². The van der Waals surface area contributed by atoms with Crippen LogP contribution in [0.1, 0.15) is 11.3 Å². The second kappa shape index (κ2) is 9.50. The predicted molar refractivity (Wildman–Crippen MR) is 100 cm³/mol. The van der Waals surface area contributed by atoms with Gasteiger partial charge in [0.15, 0.2) is 11.5 Å². The first kappa shape index (κ1) is 20.1. The summed E-state index contributed by atoms with van der Waals surface area (Å²) >= 11 is 0. The van der Waals surface area contributed by atoms with E-state index >= 15 is 0 Å². The molecule has 1 aromatic heterocycles. The number of esters is 1. The second-order valence-corrected chi connectivity index (χ2v) is 5.74. The van der Waals surface area contributed by atoms with E-state index in [1.165, 1.54) is 43.7 Å². The van der Waals surface area contributed by atoms with Crippen LogP contribution in [0.25, 0.3) is 17.5 Å². The zero-order valence-corrected chi connectivity index (χ0v) is 15.4. The van der Waals surface area contributed by atoms with Crippen LogP contribution in [-0.2, 0) is 16.1 Å². The molecule has 6 nitrogen and oxygen atoms in total. The molecular weight excluding hydrogens is 384 g/mol. The minimum absolute atomic E-state index is 0.0516. The Labute approximate surface area is 165 Å². The van der Waals surface area contributed by atoms with E-state index in [4.69, 9.17) is 13.9 Å². The van der Waals surface area contributed by atoms with Gasteiger partial charge in [-0.25, -0.2) is 9.78 Å². The van der Waals surface area contributed by atoms with Crippen LogP contribution < -0.4 is 9.47 Å². The highest BCUT2D eigenvalue weighted by Crippen LogP contribution is 2.29. The van der Waals surface area contributed by atoms with Crippen molar-refractivity contribution in [2.45, 2.75) is 13.2 Å². The molecule has 0 unspecified atom stereocenters. The van der Waals surface area contributed by atoms with Crippen molar-refractivity contribution in [3.63, 3.8) is 0 Å². The molecule has 0 aliphatic rings. The number of oxazole rings is 1. The monoisotopic (exact) mass is 401 g/mol. The highest BCUT2D eigenvalue weighted by atomic mass is 19.3. The van der Waals surface area contributed by atoms with Crippen LogP contribution in [0.2, 0.25) is 0 Å². The van der Waals surface area contributed by atoms with Crippen molar-refractivity contribution < 1.29 is 32.2 Å². The first-order chi connectivity index (χ1) is 14.0. The number of aromatic nitrogens is 1. The molecule has 0 atom stereocenters. The van der Waals surface area contributed by atoms with Crippen LogP contribution in [0.15, 0.2) is 65.3 Å². The summed E-state index contributed by atoms with van der Waals surface area (Å²) in [7, 11) is 1.33. The van der Waals surface area contributed by atoms with E-state index < -0.39 is 12.6 Å². The minimum Gasteiger partial charge on any atom is -0.493 e. The number of carbonyl (C=O) groups excluding carboxylic acids is 1. The van der Waals surface area contributed by atoms with Gasteiger partial charge in [-0.1, -0.05) is 24.3 Å². The third kappa shape index (κ3) is 5.65. The summed E-state index contributed by atoms with van der Waals surface area (Å²) in [6, 6.07) is 13.6. The van der Waals surface area contributed by atoms with Crippen LogP contribution in [-0.4, -0.2) is 24.7 Å². The number of nitrogens with zero attached hydrogens (tertiary/aromatic N) is 1. The fourth-order valence-corrected chi connectivity index (χ4v) is 2.43. The van der Waals surface area contributed by atoms with Crippen molar-refractivity contribution in [2.75, 3.05) is 7.11 Å². The van der Waals surface area contributed by atoms with Crippen molar-refractivity contribution in [3.8, 4) is 23.0 Å². The molecule has 0 amide bonds. The highest BCUT2D eigenvalue weighted by Gasteiger charge is 2.11. The van der Waals surface area contributed by atoms with E-state index in [0.29, 0.717) is 17.1 Å². The molecule has 8 heteroatoms. The Morgan fingerprint density at radius 2 is 1.97 bits per heavy atom. The maximum atomic E-state index is 12.3. The van der Waals surface area contributed by atoms with Crippen molar-refractivity contribution in [3.05, 3.63) is 72.1 Å². The second-order valence-electron chi connectivity index (χ2n) is 5.74. The van der Waals surface area contributed by atoms with E-state index in [9.17, 15) is 13.6 Å². The van der Waals surface area contributed by atoms with E-state index in [1.54, 1.807) is 0 Å². The number of alkyl halides is 2. The van der Waals surface area contributed by atoms with E-state index in [2.05, 4.69) is 9.72 Å². The van der Waals surface area contributed by atoms with Crippen LogP contribution in [0.3, 0.4) is 0 Å². The first-order valence-corrected chi connectivity index (χ1v) is 8.52. The molecule has 0 saturated carbocycles. The molecule has 0 fully saturated rings. The molecular formula is C21H17F2NO5. The summed E-state index contributed by atoms with van der Waals surface area (Å²) in [5, 5.41) is 0. The largest absolute Gasteiger partial charge is 0.493 e. The zero-order valence-electron chi connectivity index (χ0n) is 15.4. The van der Waals surface area contributed by atoms with Gasteiger partial charge in [0.1, 0.15) is 18.6 Å². The Morgan fingerprint density at radius 3 is 2.69 bits per heavy atom. The van der Waals surface area contributed by atoms with Gasteiger partial charge in [-0.15, -0.1) is 0 Å². The van der Waals surface area contributed by atoms with Crippen molar-refractivity contribution in [1.82, 2.24) is 4.98 Å². The summed E-state index contributed by atoms with van der Waals surface area (Å²) in [4.78, 5) is 16.2. The first-order valence-electron chi connectivity index (χ1n) is 8.52. The van der Waals surface area contributed by atoms with Gasteiger partial charge in [-0.2, -0.15) is 8.78 Å². The lowest BCUT2D eigenvalue weighted by Crippen LogP contribution is -2.03. The highest BCUT2D eigenvalue weighted by molar-refractivity contribution is 5.87. The van der Waals surface area contributed by atoms with Gasteiger partial charge in [0.2, 0.25) is 5.89 Å². The number of carbonyl (C=O) groups is 1. The molecule has 3 aromatic rings. The third-order valence-electron chi connectivity index (χ3n) is 3.75. The predicted octanol–water partition coefficient (Wildman–Crippen LogP) is 4.71. The Morgan fingerprint density at radius 1 is 1.17 bits per heavy atom. The molecule has 0 bridgehead atoms. The molecule has 2 aromatic carbocycles. The molecule has 3 rings (SSSR count). The smallest absolute Gasteiger partial charge is 0.387 e. The molecule has 29 heavy (non-hydrogen) atoms. The zero-order chi connectivity index (χ0) is 20.6. The Bertz CT molecular complexity index is 986. The minimum atomic E-state index is -2.96. The van der Waals surface area contributed by atoms with Gasteiger partial charge in [-0.3, -0.25) is 0 Å². The number of hydrogen-bond acceptors (Lipinski definition) is 6. The number of hydrogen-bond donors (Lipinski definition) is 0. The topological polar surface area (TPSA) is 70.8 Å². The average Bonchev–Trinajstić information content (AvgIpc) is 3.21. The Kier molecular flexibility index (Phi) is 6.57. The summed E-state index contributed by atoms with van der Waals surface area (Å²) in [6.45, 7) is -3.01.